The molecule has 0 spiro atoms. The molecule has 0 fully saturated rings. The lowest BCUT2D eigenvalue weighted by Crippen LogP contribution is -2.01. The number of hydrogen-bond donors (Lipinski definition) is 1. The zero-order chi connectivity index (χ0) is 14.4. The van der Waals surface area contributed by atoms with Gasteiger partial charge in [0, 0.05) is 18.1 Å². The number of hydrogen-bond acceptors (Lipinski definition) is 3. The molecule has 4 heteroatoms. The highest BCUT2D eigenvalue weighted by atomic mass is 35.5. The van der Waals surface area contributed by atoms with E-state index < -0.39 is 0 Å². The summed E-state index contributed by atoms with van der Waals surface area (Å²) in [5.74, 6) is 2.70. The number of pyridine rings is 1. The molecule has 1 heterocycles. The van der Waals surface area contributed by atoms with Gasteiger partial charge in [-0.2, -0.15) is 11.8 Å². The average Bonchev–Trinajstić information content (AvgIpc) is 2.44. The van der Waals surface area contributed by atoms with Crippen molar-refractivity contribution in [2.45, 2.75) is 25.4 Å². The number of aryl methyl sites for hydroxylation is 1. The summed E-state index contributed by atoms with van der Waals surface area (Å²) in [7, 11) is 0. The third kappa shape index (κ3) is 4.15. The molecule has 0 aliphatic heterocycles. The molecule has 2 nitrogen and oxygen atoms in total. The molecule has 1 N–H and O–H groups in total. The highest BCUT2D eigenvalue weighted by molar-refractivity contribution is 7.97. The van der Waals surface area contributed by atoms with Crippen LogP contribution in [0, 0.1) is 6.92 Å². The van der Waals surface area contributed by atoms with Gasteiger partial charge in [-0.1, -0.05) is 35.9 Å². The average molecular weight is 307 g/mol. The van der Waals surface area contributed by atoms with Crippen LogP contribution in [0.2, 0.25) is 5.02 Å². The number of thioether (sulfide) groups is 1. The van der Waals surface area contributed by atoms with Crippen molar-refractivity contribution >= 4 is 29.2 Å². The minimum atomic E-state index is 0.740. The van der Waals surface area contributed by atoms with E-state index in [1.807, 2.05) is 23.9 Å². The summed E-state index contributed by atoms with van der Waals surface area (Å²) >= 11 is 8.05. The van der Waals surface area contributed by atoms with Gasteiger partial charge in [-0.05, 0) is 37.1 Å². The maximum atomic E-state index is 6.21. The fourth-order valence-corrected chi connectivity index (χ4v) is 3.21. The summed E-state index contributed by atoms with van der Waals surface area (Å²) in [6, 6.07) is 12.3. The molecule has 0 aliphatic carbocycles. The Hall–Kier alpha value is -1.19. The minimum Gasteiger partial charge on any atom is -0.370 e. The molecule has 0 unspecified atom stereocenters. The second-order valence-electron chi connectivity index (χ2n) is 4.57. The minimum absolute atomic E-state index is 0.740. The number of nitrogens with zero attached hydrogens (tertiary/aromatic N) is 1. The first kappa shape index (κ1) is 15.2. The van der Waals surface area contributed by atoms with E-state index in [2.05, 4.69) is 48.4 Å². The number of aromatic nitrogens is 1. The van der Waals surface area contributed by atoms with Crippen LogP contribution in [0.1, 0.15) is 23.7 Å². The molecule has 0 radical (unpaired) electrons. The lowest BCUT2D eigenvalue weighted by atomic mass is 10.1. The third-order valence-corrected chi connectivity index (χ3v) is 4.37. The van der Waals surface area contributed by atoms with Crippen molar-refractivity contribution in [2.24, 2.45) is 0 Å². The topological polar surface area (TPSA) is 24.9 Å². The van der Waals surface area contributed by atoms with Gasteiger partial charge < -0.3 is 5.32 Å². The van der Waals surface area contributed by atoms with E-state index >= 15 is 0 Å². The Morgan fingerprint density at radius 2 is 1.95 bits per heavy atom. The first-order chi connectivity index (χ1) is 9.70. The molecule has 0 saturated carbocycles. The molecular formula is C16H19ClN2S. The van der Waals surface area contributed by atoms with Gasteiger partial charge >= 0.3 is 0 Å². The van der Waals surface area contributed by atoms with E-state index in [0.29, 0.717) is 0 Å². The van der Waals surface area contributed by atoms with Crippen molar-refractivity contribution in [1.82, 2.24) is 4.98 Å². The maximum Gasteiger partial charge on any atom is 0.126 e. The number of halogens is 1. The molecule has 0 aliphatic rings. The fourth-order valence-electron chi connectivity index (χ4n) is 1.89. The van der Waals surface area contributed by atoms with Gasteiger partial charge in [-0.25, -0.2) is 4.98 Å². The van der Waals surface area contributed by atoms with Crippen molar-refractivity contribution in [3.63, 3.8) is 0 Å². The van der Waals surface area contributed by atoms with E-state index in [0.717, 1.165) is 34.6 Å². The number of anilines is 1. The Bertz CT molecular complexity index is 572. The van der Waals surface area contributed by atoms with Crippen molar-refractivity contribution in [1.29, 1.82) is 0 Å². The molecule has 2 rings (SSSR count). The fraction of sp³-hybridized carbons (Fsp3) is 0.312. The van der Waals surface area contributed by atoms with E-state index in [1.165, 1.54) is 11.1 Å². The van der Waals surface area contributed by atoms with Crippen molar-refractivity contribution < 1.29 is 0 Å². The third-order valence-electron chi connectivity index (χ3n) is 3.03. The molecule has 0 amide bonds. The molecule has 20 heavy (non-hydrogen) atoms. The van der Waals surface area contributed by atoms with Crippen LogP contribution in [-0.4, -0.2) is 11.5 Å². The zero-order valence-corrected chi connectivity index (χ0v) is 13.4. The monoisotopic (exact) mass is 306 g/mol. The van der Waals surface area contributed by atoms with Crippen LogP contribution in [0.5, 0.6) is 0 Å². The second-order valence-corrected chi connectivity index (χ2v) is 5.97. The number of benzene rings is 1. The van der Waals surface area contributed by atoms with Crippen LogP contribution < -0.4 is 5.32 Å². The molecule has 2 aromatic rings. The van der Waals surface area contributed by atoms with E-state index in [4.69, 9.17) is 11.6 Å². The number of rotatable bonds is 6. The highest BCUT2D eigenvalue weighted by Crippen LogP contribution is 2.24. The van der Waals surface area contributed by atoms with Crippen LogP contribution in [0.4, 0.5) is 5.82 Å². The largest absolute Gasteiger partial charge is 0.370 e. The molecule has 1 aromatic heterocycles. The summed E-state index contributed by atoms with van der Waals surface area (Å²) in [4.78, 5) is 4.55. The zero-order valence-electron chi connectivity index (χ0n) is 11.8. The van der Waals surface area contributed by atoms with Crippen LogP contribution in [0.3, 0.4) is 0 Å². The Kier molecular flexibility index (Phi) is 5.74. The summed E-state index contributed by atoms with van der Waals surface area (Å²) < 4.78 is 0. The van der Waals surface area contributed by atoms with Crippen molar-refractivity contribution in [3.05, 3.63) is 58.2 Å². The van der Waals surface area contributed by atoms with Gasteiger partial charge in [0.2, 0.25) is 0 Å². The van der Waals surface area contributed by atoms with E-state index in [-0.39, 0.29) is 0 Å². The predicted octanol–water partition coefficient (Wildman–Crippen LogP) is 4.91. The van der Waals surface area contributed by atoms with Gasteiger partial charge in [0.05, 0.1) is 10.7 Å². The first-order valence-electron chi connectivity index (χ1n) is 6.72. The van der Waals surface area contributed by atoms with E-state index in [9.17, 15) is 0 Å². The Balaban J connectivity index is 1.97. The maximum absolute atomic E-state index is 6.21. The van der Waals surface area contributed by atoms with Gasteiger partial charge in [-0.3, -0.25) is 0 Å². The predicted molar refractivity (Wildman–Crippen MR) is 89.6 cm³/mol. The Morgan fingerprint density at radius 3 is 2.70 bits per heavy atom. The SMILES string of the molecule is CCNc1ccc(Cl)c(CSCc2ccccc2C)n1. The lowest BCUT2D eigenvalue weighted by Gasteiger charge is -2.08. The summed E-state index contributed by atoms with van der Waals surface area (Å²) in [6.07, 6.45) is 0. The Labute approximate surface area is 130 Å². The second kappa shape index (κ2) is 7.55. The first-order valence-corrected chi connectivity index (χ1v) is 8.25. The highest BCUT2D eigenvalue weighted by Gasteiger charge is 2.05. The number of nitrogens with one attached hydrogen (secondary N) is 1. The van der Waals surface area contributed by atoms with Gasteiger partial charge in [0.1, 0.15) is 5.82 Å². The lowest BCUT2D eigenvalue weighted by molar-refractivity contribution is 1.11. The van der Waals surface area contributed by atoms with Crippen molar-refractivity contribution in [3.8, 4) is 0 Å². The smallest absolute Gasteiger partial charge is 0.126 e. The van der Waals surface area contributed by atoms with Crippen LogP contribution in [-0.2, 0) is 11.5 Å². The van der Waals surface area contributed by atoms with Gasteiger partial charge in [-0.15, -0.1) is 0 Å². The summed E-state index contributed by atoms with van der Waals surface area (Å²) in [5.41, 5.74) is 3.65. The molecular weight excluding hydrogens is 288 g/mol. The van der Waals surface area contributed by atoms with Gasteiger partial charge in [0.15, 0.2) is 0 Å². The standard InChI is InChI=1S/C16H19ClN2S/c1-3-18-16-9-8-14(17)15(19-16)11-20-10-13-7-5-4-6-12(13)2/h4-9H,3,10-11H2,1-2H3,(H,18,19). The molecule has 0 saturated heterocycles. The molecule has 1 aromatic carbocycles. The van der Waals surface area contributed by atoms with Crippen LogP contribution in [0.15, 0.2) is 36.4 Å². The van der Waals surface area contributed by atoms with E-state index in [1.54, 1.807) is 0 Å². The normalized spacial score (nSPS) is 10.6. The molecule has 0 bridgehead atoms. The molecule has 0 atom stereocenters. The van der Waals surface area contributed by atoms with Gasteiger partial charge in [0.25, 0.3) is 0 Å². The molecule has 106 valence electrons. The quantitative estimate of drug-likeness (QED) is 0.821. The summed E-state index contributed by atoms with van der Waals surface area (Å²) in [5, 5.41) is 3.95. The van der Waals surface area contributed by atoms with Crippen LogP contribution >= 0.6 is 23.4 Å². The summed E-state index contributed by atoms with van der Waals surface area (Å²) in [6.45, 7) is 5.07. The van der Waals surface area contributed by atoms with Crippen LogP contribution in [0.25, 0.3) is 0 Å². The Morgan fingerprint density at radius 1 is 1.15 bits per heavy atom. The van der Waals surface area contributed by atoms with Crippen molar-refractivity contribution in [2.75, 3.05) is 11.9 Å².